The summed E-state index contributed by atoms with van der Waals surface area (Å²) in [6.45, 7) is 37.0. The van der Waals surface area contributed by atoms with Crippen molar-refractivity contribution in [2.24, 2.45) is 11.1 Å². The largest absolute Gasteiger partial charge is 0.507 e. The number of carbonyl (C=O) groups is 4. The van der Waals surface area contributed by atoms with Gasteiger partial charge in [-0.05, 0) is 198 Å². The summed E-state index contributed by atoms with van der Waals surface area (Å²) >= 11 is 0. The van der Waals surface area contributed by atoms with Crippen LogP contribution in [0.15, 0.2) is 187 Å². The van der Waals surface area contributed by atoms with Crippen LogP contribution in [0.1, 0.15) is 148 Å². The molecule has 3 heterocycles. The topological polar surface area (TPSA) is 252 Å². The van der Waals surface area contributed by atoms with Crippen molar-refractivity contribution in [1.82, 2.24) is 15.2 Å². The first-order chi connectivity index (χ1) is 54.4. The number of phenolic OH excluding ortho intramolecular Hbond substituents is 3. The number of allylic oxidation sites excluding steroid dienone is 4. The SMILES string of the molecule is C=CCOc1cc(F)ccc1C(C)=O.C=CCOc1cc(N(C)C)ccc1C(C)=O.C=CCc1c(N(C)C)ccc(/C(C)=N/O)c1O.C=CCc1c(N(C)C)ccc(C(C)=O)c1O.C=CCc1c(N(C)C)ccc2c(C)noc12.CC(=O)c1ccc(F)cc1O.CC=Cc1c(N(C)C)ccc2c(C)noc12.CCC1CCN(C)CC1. The van der Waals surface area contributed by atoms with Gasteiger partial charge in [-0.15, -0.1) is 19.7 Å². The molecule has 0 unspecified atom stereocenters. The molecule has 21 nitrogen and oxygen atoms in total. The van der Waals surface area contributed by atoms with Gasteiger partial charge in [-0.3, -0.25) is 19.2 Å². The van der Waals surface area contributed by atoms with E-state index in [4.69, 9.17) is 28.8 Å². The van der Waals surface area contributed by atoms with Crippen LogP contribution in [0.3, 0.4) is 0 Å². The zero-order valence-electron chi connectivity index (χ0n) is 70.9. The second-order valence-electron chi connectivity index (χ2n) is 28.0. The van der Waals surface area contributed by atoms with Gasteiger partial charge in [-0.1, -0.05) is 84.5 Å². The highest BCUT2D eigenvalue weighted by atomic mass is 19.1. The number of ketones is 4. The van der Waals surface area contributed by atoms with Gasteiger partial charge >= 0.3 is 0 Å². The van der Waals surface area contributed by atoms with Crippen molar-refractivity contribution in [3.63, 3.8) is 0 Å². The maximum absolute atomic E-state index is 12.8. The number of nitrogens with zero attached hydrogens (tertiary/aromatic N) is 9. The number of oxime groups is 1. The molecule has 0 amide bonds. The summed E-state index contributed by atoms with van der Waals surface area (Å²) in [5.74, 6) is 0.283. The Morgan fingerprint density at radius 2 is 0.913 bits per heavy atom. The van der Waals surface area contributed by atoms with E-state index in [1.165, 1.54) is 90.4 Å². The lowest BCUT2D eigenvalue weighted by atomic mass is 9.95. The van der Waals surface area contributed by atoms with Gasteiger partial charge in [0.15, 0.2) is 34.3 Å². The fraction of sp³-hybridized carbons (Fsp3) is 0.337. The first-order valence-corrected chi connectivity index (χ1v) is 37.5. The van der Waals surface area contributed by atoms with Crippen molar-refractivity contribution in [1.29, 1.82) is 0 Å². The Morgan fingerprint density at radius 3 is 1.34 bits per heavy atom. The van der Waals surface area contributed by atoms with Gasteiger partial charge in [0.2, 0.25) is 0 Å². The van der Waals surface area contributed by atoms with Crippen LogP contribution in [-0.4, -0.2) is 168 Å². The zero-order chi connectivity index (χ0) is 86.5. The van der Waals surface area contributed by atoms with Crippen molar-refractivity contribution in [3.8, 4) is 28.7 Å². The van der Waals surface area contributed by atoms with Crippen LogP contribution in [0, 0.1) is 31.4 Å². The minimum absolute atomic E-state index is 0.00404. The highest BCUT2D eigenvalue weighted by Gasteiger charge is 2.20. The van der Waals surface area contributed by atoms with Gasteiger partial charge in [0.1, 0.15) is 53.6 Å². The van der Waals surface area contributed by atoms with Crippen molar-refractivity contribution < 1.29 is 67.0 Å². The zero-order valence-corrected chi connectivity index (χ0v) is 70.9. The Labute approximate surface area is 678 Å². The van der Waals surface area contributed by atoms with E-state index < -0.39 is 11.6 Å². The predicted molar refractivity (Wildman–Crippen MR) is 469 cm³/mol. The number of aromatic nitrogens is 2. The number of hydrogen-bond acceptors (Lipinski definition) is 21. The molecule has 2 aromatic heterocycles. The van der Waals surface area contributed by atoms with E-state index in [2.05, 4.69) is 107 Å². The van der Waals surface area contributed by atoms with Crippen LogP contribution in [0.25, 0.3) is 28.0 Å². The number of anilines is 5. The van der Waals surface area contributed by atoms with Crippen LogP contribution >= 0.6 is 0 Å². The van der Waals surface area contributed by atoms with Crippen LogP contribution < -0.4 is 34.0 Å². The minimum Gasteiger partial charge on any atom is -0.507 e. The molecule has 115 heavy (non-hydrogen) atoms. The fourth-order valence-electron chi connectivity index (χ4n) is 11.9. The van der Waals surface area contributed by atoms with Gasteiger partial charge in [0.25, 0.3) is 0 Å². The molecule has 618 valence electrons. The first kappa shape index (κ1) is 97.1. The van der Waals surface area contributed by atoms with Gasteiger partial charge in [-0.25, -0.2) is 8.78 Å². The van der Waals surface area contributed by atoms with E-state index in [0.717, 1.165) is 108 Å². The maximum Gasteiger partial charge on any atom is 0.176 e. The van der Waals surface area contributed by atoms with E-state index in [1.807, 2.05) is 142 Å². The summed E-state index contributed by atoms with van der Waals surface area (Å²) in [6, 6.07) is 28.1. The monoisotopic (exact) mass is 1580 g/mol. The number of carbonyl (C=O) groups excluding carboxylic acids is 4. The van der Waals surface area contributed by atoms with E-state index in [0.29, 0.717) is 53.2 Å². The Bertz CT molecular complexity index is 4810. The van der Waals surface area contributed by atoms with E-state index in [9.17, 15) is 38.2 Å². The molecule has 7 aromatic carbocycles. The smallest absolute Gasteiger partial charge is 0.176 e. The highest BCUT2D eigenvalue weighted by molar-refractivity contribution is 6.02. The second-order valence-corrected chi connectivity index (χ2v) is 28.0. The van der Waals surface area contributed by atoms with Crippen LogP contribution in [0.4, 0.5) is 37.2 Å². The Kier molecular flexibility index (Phi) is 41.1. The number of rotatable bonds is 24. The summed E-state index contributed by atoms with van der Waals surface area (Å²) in [5.41, 5.74) is 14.9. The predicted octanol–water partition coefficient (Wildman–Crippen LogP) is 19.5. The van der Waals surface area contributed by atoms with Crippen molar-refractivity contribution in [2.45, 2.75) is 101 Å². The summed E-state index contributed by atoms with van der Waals surface area (Å²) in [6.07, 6.45) is 18.7. The molecule has 0 atom stereocenters. The summed E-state index contributed by atoms with van der Waals surface area (Å²) < 4.78 is 46.6. The molecule has 0 saturated carbocycles. The Morgan fingerprint density at radius 1 is 0.522 bits per heavy atom. The molecule has 0 radical (unpaired) electrons. The normalized spacial score (nSPS) is 11.5. The number of phenols is 3. The quantitative estimate of drug-likeness (QED) is 0.0144. The molecular weight excluding hydrogens is 1460 g/mol. The molecule has 23 heteroatoms. The number of hydrogen-bond donors (Lipinski definition) is 4. The van der Waals surface area contributed by atoms with Gasteiger partial charge < -0.3 is 68.4 Å². The highest BCUT2D eigenvalue weighted by Crippen LogP contribution is 2.36. The number of ether oxygens (including phenoxy) is 2. The number of aromatic hydroxyl groups is 3. The lowest BCUT2D eigenvalue weighted by Gasteiger charge is -2.27. The molecule has 10 rings (SSSR count). The van der Waals surface area contributed by atoms with Gasteiger partial charge in [0.05, 0.1) is 39.4 Å². The fourth-order valence-corrected chi connectivity index (χ4v) is 11.9. The third kappa shape index (κ3) is 29.1. The van der Waals surface area contributed by atoms with E-state index in [-0.39, 0.29) is 58.3 Å². The standard InChI is InChI=1S/C13H18N2O2.2C13H16N2O.2C13H17NO2.C11H11FO2.C8H7FO2.C8H17N/c1-5-6-11-12(15(3)4)8-7-10(13(11)16)9(2)14-17;2*1-5-6-11-12(15(3)4)8-7-10-9(2)14-16-13(10)11;1-5-8-16-13-9-11(14(3)4)6-7-12(13)10(2)15;1-5-6-11-12(14(3)4)8-7-10(9(2)15)13(11)16;1-3-6-14-11-7-9(12)4-5-10(11)8(2)13;1-5(10)7-3-2-6(9)4-8(7)11;1-3-8-4-6-9(2)7-5-8/h5,7-8,16-17H,1,6H2,2-4H3;5-8H,1-4H3;5,7-8H,1,6H2,2-4H3;5-7,9H,1,8H2,2-4H3;5,7-8,16H,1,6H2,2-4H3;3-5,7H,1,6H2,2H3;2-4,11H,1H3;8H,3-7H2,1-2H3/b14-9+;;;;;;;. The first-order valence-electron chi connectivity index (χ1n) is 37.5. The Balaban J connectivity index is 0.000000342. The average Bonchev–Trinajstić information content (AvgIpc) is 1.73. The van der Waals surface area contributed by atoms with Crippen LogP contribution in [0.2, 0.25) is 0 Å². The number of likely N-dealkylation sites (tertiary alicyclic amines) is 1. The van der Waals surface area contributed by atoms with Crippen molar-refractivity contribution >= 4 is 85.3 Å². The summed E-state index contributed by atoms with van der Waals surface area (Å²) in [7, 11) is 21.8. The average molecular weight is 1580 g/mol. The maximum atomic E-state index is 12.8. The van der Waals surface area contributed by atoms with Gasteiger partial charge in [0, 0.05) is 156 Å². The molecule has 1 aliphatic rings. The molecule has 1 saturated heterocycles. The minimum atomic E-state index is -0.549. The molecule has 0 aliphatic carbocycles. The van der Waals surface area contributed by atoms with Crippen molar-refractivity contribution in [2.75, 3.05) is 128 Å². The molecule has 1 aliphatic heterocycles. The van der Waals surface area contributed by atoms with Crippen LogP contribution in [0.5, 0.6) is 28.7 Å². The molecule has 4 N–H and O–H groups in total. The lowest BCUT2D eigenvalue weighted by molar-refractivity contribution is 0.100. The third-order valence-corrected chi connectivity index (χ3v) is 18.1. The molecule has 1 fully saturated rings. The molecule has 9 aromatic rings. The molecule has 0 spiro atoms. The number of halogens is 2. The van der Waals surface area contributed by atoms with E-state index in [1.54, 1.807) is 43.4 Å². The number of Topliss-reactive ketones (excluding diaryl/α,β-unsaturated/α-hetero) is 4. The number of benzene rings is 7. The Hall–Kier alpha value is -12.1. The number of piperidine rings is 1. The van der Waals surface area contributed by atoms with E-state index >= 15 is 0 Å². The molecular formula is C92H119F2N9O12. The third-order valence-electron chi connectivity index (χ3n) is 18.1. The van der Waals surface area contributed by atoms with Gasteiger partial charge in [-0.2, -0.15) is 0 Å². The van der Waals surface area contributed by atoms with Crippen molar-refractivity contribution in [3.05, 3.63) is 246 Å². The summed E-state index contributed by atoms with van der Waals surface area (Å²) in [4.78, 5) is 56.9. The number of fused-ring (bicyclic) bond motifs is 2. The summed E-state index contributed by atoms with van der Waals surface area (Å²) in [5, 5.41) is 51.3. The second kappa shape index (κ2) is 48.7. The number of aryl methyl sites for hydroxylation is 2. The van der Waals surface area contributed by atoms with Crippen LogP contribution in [-0.2, 0) is 19.3 Å². The molecule has 0 bridgehead atoms. The lowest BCUT2D eigenvalue weighted by Crippen LogP contribution is -2.29.